The summed E-state index contributed by atoms with van der Waals surface area (Å²) >= 11 is 0. The van der Waals surface area contributed by atoms with Crippen LogP contribution >= 0.6 is 0 Å². The van der Waals surface area contributed by atoms with E-state index in [0.717, 1.165) is 0 Å². The van der Waals surface area contributed by atoms with Gasteiger partial charge in [0.2, 0.25) is 0 Å². The zero-order valence-corrected chi connectivity index (χ0v) is 12.6. The van der Waals surface area contributed by atoms with Gasteiger partial charge in [-0.3, -0.25) is 4.79 Å². The Morgan fingerprint density at radius 1 is 1.15 bits per heavy atom. The number of benzene rings is 1. The first-order valence-corrected chi connectivity index (χ1v) is 6.92. The Bertz CT molecular complexity index is 477. The Labute approximate surface area is 120 Å². The molecule has 0 atom stereocenters. The summed E-state index contributed by atoms with van der Waals surface area (Å²) in [7, 11) is 0. The Balaban J connectivity index is 2.90. The second-order valence-corrected chi connectivity index (χ2v) is 5.22. The van der Waals surface area contributed by atoms with E-state index in [1.54, 1.807) is 24.3 Å². The largest absolute Gasteiger partial charge is 0.456 e. The first-order chi connectivity index (χ1) is 9.39. The van der Waals surface area contributed by atoms with Crippen molar-refractivity contribution < 1.29 is 19.1 Å². The van der Waals surface area contributed by atoms with E-state index in [1.807, 2.05) is 27.7 Å². The van der Waals surface area contributed by atoms with Gasteiger partial charge in [0.1, 0.15) is 16.9 Å². The third-order valence-corrected chi connectivity index (χ3v) is 3.01. The van der Waals surface area contributed by atoms with Crippen molar-refractivity contribution in [3.05, 3.63) is 29.8 Å². The highest BCUT2D eigenvalue weighted by Crippen LogP contribution is 2.23. The highest BCUT2D eigenvalue weighted by Gasteiger charge is 2.24. The molecule has 0 unspecified atom stereocenters. The lowest BCUT2D eigenvalue weighted by Gasteiger charge is -2.23. The van der Waals surface area contributed by atoms with Crippen LogP contribution in [0.3, 0.4) is 0 Å². The first kappa shape index (κ1) is 16.2. The summed E-state index contributed by atoms with van der Waals surface area (Å²) in [4.78, 5) is 23.7. The number of hydrogen-bond acceptors (Lipinski definition) is 4. The lowest BCUT2D eigenvalue weighted by atomic mass is 10.1. The summed E-state index contributed by atoms with van der Waals surface area (Å²) in [5, 5.41) is 0. The summed E-state index contributed by atoms with van der Waals surface area (Å²) in [6, 6.07) is 6.63. The third kappa shape index (κ3) is 4.68. The van der Waals surface area contributed by atoms with Crippen LogP contribution in [0.5, 0.6) is 5.75 Å². The van der Waals surface area contributed by atoms with Gasteiger partial charge in [-0.05, 0) is 38.8 Å². The van der Waals surface area contributed by atoms with Gasteiger partial charge in [-0.2, -0.15) is 0 Å². The Morgan fingerprint density at radius 2 is 1.80 bits per heavy atom. The maximum absolute atomic E-state index is 12.2. The van der Waals surface area contributed by atoms with Crippen molar-refractivity contribution in [2.75, 3.05) is 0 Å². The van der Waals surface area contributed by atoms with E-state index >= 15 is 0 Å². The van der Waals surface area contributed by atoms with Crippen LogP contribution in [-0.4, -0.2) is 17.5 Å². The molecule has 1 aromatic carbocycles. The molecule has 0 saturated carbocycles. The van der Waals surface area contributed by atoms with Crippen molar-refractivity contribution in [1.29, 1.82) is 0 Å². The average molecular weight is 278 g/mol. The summed E-state index contributed by atoms with van der Waals surface area (Å²) < 4.78 is 10.6. The van der Waals surface area contributed by atoms with Crippen LogP contribution < -0.4 is 4.74 Å². The summed E-state index contributed by atoms with van der Waals surface area (Å²) in [5.41, 5.74) is -0.268. The zero-order valence-electron chi connectivity index (χ0n) is 12.6. The minimum absolute atomic E-state index is 0.253. The van der Waals surface area contributed by atoms with Gasteiger partial charge in [0.25, 0.3) is 0 Å². The molecule has 0 saturated heterocycles. The number of ether oxygens (including phenoxy) is 2. The van der Waals surface area contributed by atoms with E-state index in [4.69, 9.17) is 9.47 Å². The summed E-state index contributed by atoms with van der Waals surface area (Å²) in [5.74, 6) is -0.567. The molecule has 0 aliphatic heterocycles. The van der Waals surface area contributed by atoms with Crippen LogP contribution in [0, 0.1) is 0 Å². The fourth-order valence-corrected chi connectivity index (χ4v) is 1.48. The van der Waals surface area contributed by atoms with E-state index in [2.05, 4.69) is 0 Å². The number of para-hydroxylation sites is 1. The van der Waals surface area contributed by atoms with Crippen molar-refractivity contribution >= 4 is 11.9 Å². The molecular weight excluding hydrogens is 256 g/mol. The predicted molar refractivity (Wildman–Crippen MR) is 76.8 cm³/mol. The van der Waals surface area contributed by atoms with Gasteiger partial charge >= 0.3 is 11.9 Å². The molecule has 0 radical (unpaired) electrons. The molecule has 4 nitrogen and oxygen atoms in total. The van der Waals surface area contributed by atoms with Gasteiger partial charge in [-0.1, -0.05) is 26.0 Å². The second-order valence-electron chi connectivity index (χ2n) is 5.22. The van der Waals surface area contributed by atoms with E-state index in [1.165, 1.54) is 0 Å². The second kappa shape index (κ2) is 7.08. The van der Waals surface area contributed by atoms with Crippen molar-refractivity contribution in [3.63, 3.8) is 0 Å². The monoisotopic (exact) mass is 278 g/mol. The Kier molecular flexibility index (Phi) is 5.74. The minimum Gasteiger partial charge on any atom is -0.456 e. The minimum atomic E-state index is -0.544. The standard InChI is InChI=1S/C16H22O4/c1-5-9-14(17)19-13-11-8-7-10-12(13)15(18)20-16(3,4)6-2/h7-8,10-11H,5-6,9H2,1-4H3. The molecule has 0 aliphatic carbocycles. The zero-order chi connectivity index (χ0) is 15.2. The maximum atomic E-state index is 12.2. The smallest absolute Gasteiger partial charge is 0.342 e. The van der Waals surface area contributed by atoms with Crippen LogP contribution in [0.2, 0.25) is 0 Å². The number of carbonyl (C=O) groups is 2. The fourth-order valence-electron chi connectivity index (χ4n) is 1.48. The molecule has 110 valence electrons. The summed E-state index contributed by atoms with van der Waals surface area (Å²) in [6.07, 6.45) is 1.73. The lowest BCUT2D eigenvalue weighted by molar-refractivity contribution is -0.134. The number of esters is 2. The van der Waals surface area contributed by atoms with Crippen molar-refractivity contribution in [1.82, 2.24) is 0 Å². The van der Waals surface area contributed by atoms with E-state index < -0.39 is 11.6 Å². The molecule has 4 heteroatoms. The molecule has 0 N–H and O–H groups in total. The lowest BCUT2D eigenvalue weighted by Crippen LogP contribution is -2.27. The van der Waals surface area contributed by atoms with Crippen LogP contribution in [0.4, 0.5) is 0 Å². The van der Waals surface area contributed by atoms with Gasteiger partial charge in [0.05, 0.1) is 0 Å². The average Bonchev–Trinajstić information content (AvgIpc) is 2.39. The first-order valence-electron chi connectivity index (χ1n) is 6.92. The molecule has 1 rings (SSSR count). The van der Waals surface area contributed by atoms with Crippen LogP contribution in [0.15, 0.2) is 24.3 Å². The molecule has 0 fully saturated rings. The molecule has 0 heterocycles. The van der Waals surface area contributed by atoms with Gasteiger partial charge < -0.3 is 9.47 Å². The van der Waals surface area contributed by atoms with Crippen molar-refractivity contribution in [2.45, 2.75) is 52.6 Å². The third-order valence-electron chi connectivity index (χ3n) is 3.01. The maximum Gasteiger partial charge on any atom is 0.342 e. The fraction of sp³-hybridized carbons (Fsp3) is 0.500. The van der Waals surface area contributed by atoms with Crippen molar-refractivity contribution in [3.8, 4) is 5.75 Å². The Morgan fingerprint density at radius 3 is 2.40 bits per heavy atom. The van der Waals surface area contributed by atoms with Gasteiger partial charge in [-0.25, -0.2) is 4.79 Å². The quantitative estimate of drug-likeness (QED) is 0.587. The van der Waals surface area contributed by atoms with E-state index in [-0.39, 0.29) is 17.3 Å². The van der Waals surface area contributed by atoms with Crippen LogP contribution in [0.25, 0.3) is 0 Å². The number of hydrogen-bond donors (Lipinski definition) is 0. The number of rotatable bonds is 6. The normalized spacial score (nSPS) is 11.0. The molecule has 0 aromatic heterocycles. The molecule has 20 heavy (non-hydrogen) atoms. The van der Waals surface area contributed by atoms with Crippen LogP contribution in [0.1, 0.15) is 57.3 Å². The molecule has 0 spiro atoms. The SMILES string of the molecule is CCCC(=O)Oc1ccccc1C(=O)OC(C)(C)CC. The highest BCUT2D eigenvalue weighted by atomic mass is 16.6. The molecule has 1 aromatic rings. The summed E-state index contributed by atoms with van der Waals surface area (Å²) in [6.45, 7) is 7.53. The highest BCUT2D eigenvalue weighted by molar-refractivity contribution is 5.93. The predicted octanol–water partition coefficient (Wildman–Crippen LogP) is 3.74. The molecular formula is C16H22O4. The topological polar surface area (TPSA) is 52.6 Å². The van der Waals surface area contributed by atoms with E-state index in [0.29, 0.717) is 19.3 Å². The Hall–Kier alpha value is -1.84. The number of carbonyl (C=O) groups excluding carboxylic acids is 2. The molecule has 0 bridgehead atoms. The molecule has 0 amide bonds. The van der Waals surface area contributed by atoms with Gasteiger partial charge in [0.15, 0.2) is 0 Å². The van der Waals surface area contributed by atoms with Crippen LogP contribution in [-0.2, 0) is 9.53 Å². The molecule has 0 aliphatic rings. The van der Waals surface area contributed by atoms with Crippen molar-refractivity contribution in [2.24, 2.45) is 0 Å². The van der Waals surface area contributed by atoms with Gasteiger partial charge in [-0.15, -0.1) is 0 Å². The van der Waals surface area contributed by atoms with E-state index in [9.17, 15) is 9.59 Å². The van der Waals surface area contributed by atoms with Gasteiger partial charge in [0, 0.05) is 6.42 Å².